The van der Waals surface area contributed by atoms with Gasteiger partial charge < -0.3 is 4.74 Å². The fraction of sp³-hybridized carbons (Fsp3) is 0.536. The van der Waals surface area contributed by atoms with Crippen LogP contribution in [0, 0.1) is 5.82 Å². The van der Waals surface area contributed by atoms with E-state index in [0.717, 1.165) is 6.07 Å². The first kappa shape index (κ1) is 32.3. The third-order valence-electron chi connectivity index (χ3n) is 7.31. The van der Waals surface area contributed by atoms with Crippen LogP contribution in [0.2, 0.25) is 10.0 Å². The third kappa shape index (κ3) is 6.07. The zero-order chi connectivity index (χ0) is 31.5. The Morgan fingerprint density at radius 3 is 2.43 bits per heavy atom. The Morgan fingerprint density at radius 2 is 1.81 bits per heavy atom. The van der Waals surface area contributed by atoms with E-state index in [1.54, 1.807) is 20.8 Å². The summed E-state index contributed by atoms with van der Waals surface area (Å²) in [5.74, 6) is -5.47. The van der Waals surface area contributed by atoms with E-state index in [1.807, 2.05) is 0 Å². The number of Topliss-reactive ketones (excluding diaryl/α,β-unsaturated/α-hetero) is 1. The Bertz CT molecular complexity index is 1620. The molecule has 0 fully saturated rings. The minimum absolute atomic E-state index is 0.0125. The van der Waals surface area contributed by atoms with E-state index in [2.05, 4.69) is 19.3 Å². The topological polar surface area (TPSA) is 111 Å². The minimum atomic E-state index is -3.59. The Kier molecular flexibility index (Phi) is 8.36. The number of carbonyl (C=O) groups is 2. The van der Waals surface area contributed by atoms with Gasteiger partial charge in [0.1, 0.15) is 34.9 Å². The maximum atomic E-state index is 15.6. The second-order valence-electron chi connectivity index (χ2n) is 12.1. The van der Waals surface area contributed by atoms with Gasteiger partial charge in [-0.15, -0.1) is 0 Å². The van der Waals surface area contributed by atoms with Crippen molar-refractivity contribution in [2.75, 3.05) is 6.54 Å². The highest BCUT2D eigenvalue weighted by Gasteiger charge is 2.61. The molecule has 8 nitrogen and oxygen atoms in total. The standard InChI is InChI=1S/C28H31Cl2F3N4O4S/c1-25(2,3)41-22(39)11-20-26(4,5)42(40)21(12-28(32,33)14-35-42)27(6,37-20)24-18(31)8-7-16(36-24)10-19(38)23-17(30)9-15(29)13-34-23/h7-9,13,21H,10-12,14H2,1-6H3/t21-,27+,42-/m1/s1. The highest BCUT2D eigenvalue weighted by atomic mass is 35.5. The van der Waals surface area contributed by atoms with Gasteiger partial charge in [0.05, 0.1) is 42.6 Å². The SMILES string of the molecule is CC(C)(C)OC(=O)CC1=N[C@](C)(c2nc(CC(=O)c3ncc(Cl)cc3Cl)ccc2F)[C@H]2CC(F)(F)CN=[S@]2(=O)C1(C)C. The van der Waals surface area contributed by atoms with Crippen LogP contribution in [-0.2, 0) is 31.2 Å². The smallest absolute Gasteiger partial charge is 0.312 e. The number of carbonyl (C=O) groups excluding carboxylic acids is 2. The summed E-state index contributed by atoms with van der Waals surface area (Å²) in [5, 5.41) is -1.23. The lowest BCUT2D eigenvalue weighted by molar-refractivity contribution is -0.153. The number of rotatable bonds is 6. The van der Waals surface area contributed by atoms with Gasteiger partial charge in [-0.2, -0.15) is 0 Å². The van der Waals surface area contributed by atoms with Crippen molar-refractivity contribution < 1.29 is 31.7 Å². The van der Waals surface area contributed by atoms with Crippen molar-refractivity contribution in [1.82, 2.24) is 9.97 Å². The molecule has 0 bridgehead atoms. The summed E-state index contributed by atoms with van der Waals surface area (Å²) in [5.41, 5.74) is -3.11. The first-order valence-corrected chi connectivity index (χ1v) is 15.4. The lowest BCUT2D eigenvalue weighted by Gasteiger charge is -2.49. The van der Waals surface area contributed by atoms with E-state index in [-0.39, 0.29) is 33.6 Å². The number of halogens is 5. The molecule has 2 aromatic heterocycles. The predicted octanol–water partition coefficient (Wildman–Crippen LogP) is 6.40. The number of alkyl halides is 2. The van der Waals surface area contributed by atoms with Crippen LogP contribution in [-0.4, -0.2) is 59.7 Å². The summed E-state index contributed by atoms with van der Waals surface area (Å²) in [6.45, 7) is 8.46. The summed E-state index contributed by atoms with van der Waals surface area (Å²) in [4.78, 5) is 38.8. The third-order valence-corrected chi connectivity index (χ3v) is 11.4. The van der Waals surface area contributed by atoms with Gasteiger partial charge in [0, 0.05) is 24.0 Å². The number of ketones is 1. The number of aliphatic imine (C=N–C) groups is 1. The highest BCUT2D eigenvalue weighted by molar-refractivity contribution is 7.96. The fourth-order valence-electron chi connectivity index (χ4n) is 5.19. The van der Waals surface area contributed by atoms with Crippen LogP contribution in [0.3, 0.4) is 0 Å². The van der Waals surface area contributed by atoms with E-state index in [4.69, 9.17) is 27.9 Å². The van der Waals surface area contributed by atoms with Gasteiger partial charge in [-0.25, -0.2) is 26.7 Å². The Morgan fingerprint density at radius 1 is 1.14 bits per heavy atom. The van der Waals surface area contributed by atoms with E-state index in [9.17, 15) is 22.6 Å². The van der Waals surface area contributed by atoms with Gasteiger partial charge in [-0.1, -0.05) is 23.2 Å². The summed E-state index contributed by atoms with van der Waals surface area (Å²) in [6, 6.07) is 3.65. The van der Waals surface area contributed by atoms with Gasteiger partial charge in [0.15, 0.2) is 5.78 Å². The molecule has 0 radical (unpaired) electrons. The molecule has 42 heavy (non-hydrogen) atoms. The van der Waals surface area contributed by atoms with Crippen molar-refractivity contribution in [3.63, 3.8) is 0 Å². The molecular formula is C28H31Cl2F3N4O4S. The number of aromatic nitrogens is 2. The molecule has 0 unspecified atom stereocenters. The average Bonchev–Trinajstić information content (AvgIpc) is 2.84. The number of hydrogen-bond donors (Lipinski definition) is 0. The fourth-order valence-corrected chi connectivity index (χ4v) is 8.98. The Balaban J connectivity index is 1.86. The van der Waals surface area contributed by atoms with Crippen LogP contribution in [0.4, 0.5) is 13.2 Å². The first-order valence-electron chi connectivity index (χ1n) is 13.1. The van der Waals surface area contributed by atoms with Gasteiger partial charge in [0.2, 0.25) is 0 Å². The number of fused-ring (bicyclic) bond motifs is 1. The van der Waals surface area contributed by atoms with Crippen molar-refractivity contribution in [3.05, 3.63) is 57.3 Å². The van der Waals surface area contributed by atoms with Crippen molar-refractivity contribution >= 4 is 50.4 Å². The Hall–Kier alpha value is -2.57. The van der Waals surface area contributed by atoms with Gasteiger partial charge in [-0.05, 0) is 59.7 Å². The molecule has 3 atom stereocenters. The molecule has 0 N–H and O–H groups in total. The van der Waals surface area contributed by atoms with Crippen LogP contribution in [0.15, 0.2) is 33.8 Å². The number of pyridine rings is 2. The molecule has 0 spiro atoms. The summed E-state index contributed by atoms with van der Waals surface area (Å²) in [6.07, 6.45) is -0.430. The van der Waals surface area contributed by atoms with Crippen molar-refractivity contribution in [1.29, 1.82) is 0 Å². The molecule has 0 saturated heterocycles. The molecule has 4 heterocycles. The van der Waals surface area contributed by atoms with Gasteiger partial charge in [-0.3, -0.25) is 19.6 Å². The number of nitrogens with zero attached hydrogens (tertiary/aromatic N) is 4. The van der Waals surface area contributed by atoms with Crippen molar-refractivity contribution in [2.24, 2.45) is 9.36 Å². The van der Waals surface area contributed by atoms with Crippen LogP contribution >= 0.6 is 23.2 Å². The molecule has 2 aliphatic heterocycles. The molecule has 4 rings (SSSR count). The molecule has 228 valence electrons. The molecule has 2 aromatic rings. The maximum Gasteiger partial charge on any atom is 0.312 e. The summed E-state index contributed by atoms with van der Waals surface area (Å²) >= 11 is 12.0. The first-order chi connectivity index (χ1) is 19.2. The zero-order valence-corrected chi connectivity index (χ0v) is 26.3. The number of ether oxygens (including phenoxy) is 1. The van der Waals surface area contributed by atoms with Crippen molar-refractivity contribution in [3.8, 4) is 0 Å². The van der Waals surface area contributed by atoms with Crippen LogP contribution < -0.4 is 0 Å². The quantitative estimate of drug-likeness (QED) is 0.265. The lowest BCUT2D eigenvalue weighted by atomic mass is 9.87. The lowest BCUT2D eigenvalue weighted by Crippen LogP contribution is -2.61. The highest BCUT2D eigenvalue weighted by Crippen LogP contribution is 2.50. The maximum absolute atomic E-state index is 15.6. The van der Waals surface area contributed by atoms with Gasteiger partial charge in [0.25, 0.3) is 5.92 Å². The van der Waals surface area contributed by atoms with E-state index in [0.29, 0.717) is 0 Å². The normalized spacial score (nSPS) is 26.5. The van der Waals surface area contributed by atoms with Crippen molar-refractivity contribution in [2.45, 2.75) is 87.9 Å². The molecule has 14 heteroatoms. The van der Waals surface area contributed by atoms with Crippen LogP contribution in [0.1, 0.15) is 76.3 Å². The van der Waals surface area contributed by atoms with E-state index < -0.39 is 79.4 Å². The van der Waals surface area contributed by atoms with Crippen LogP contribution in [0.25, 0.3) is 0 Å². The second-order valence-corrected chi connectivity index (χ2v) is 15.9. The summed E-state index contributed by atoms with van der Waals surface area (Å²) in [7, 11) is -3.59. The minimum Gasteiger partial charge on any atom is -0.460 e. The Labute approximate surface area is 252 Å². The molecule has 0 aromatic carbocycles. The van der Waals surface area contributed by atoms with E-state index >= 15 is 4.39 Å². The largest absolute Gasteiger partial charge is 0.460 e. The molecule has 0 aliphatic carbocycles. The van der Waals surface area contributed by atoms with Gasteiger partial charge >= 0.3 is 5.97 Å². The number of hydrogen-bond acceptors (Lipinski definition) is 8. The zero-order valence-electron chi connectivity index (χ0n) is 23.9. The average molecular weight is 648 g/mol. The summed E-state index contributed by atoms with van der Waals surface area (Å²) < 4.78 is 67.9. The van der Waals surface area contributed by atoms with Crippen LogP contribution in [0.5, 0.6) is 0 Å². The molecule has 0 amide bonds. The second kappa shape index (κ2) is 10.9. The van der Waals surface area contributed by atoms with E-state index in [1.165, 1.54) is 39.1 Å². The predicted molar refractivity (Wildman–Crippen MR) is 155 cm³/mol. The number of esters is 1. The monoisotopic (exact) mass is 646 g/mol. The molecule has 0 saturated carbocycles. The molecular weight excluding hydrogens is 616 g/mol. The molecule has 2 aliphatic rings.